The number of carbonyl (C=O) groups is 2. The number of hydrogen-bond donors (Lipinski definition) is 1. The fraction of sp³-hybridized carbons (Fsp3) is 0.333. The van der Waals surface area contributed by atoms with Gasteiger partial charge >= 0.3 is 0 Å². The zero-order valence-corrected chi connectivity index (χ0v) is 14.3. The molecule has 1 aliphatic rings. The Morgan fingerprint density at radius 2 is 2.08 bits per heavy atom. The predicted molar refractivity (Wildman–Crippen MR) is 90.9 cm³/mol. The Morgan fingerprint density at radius 1 is 1.35 bits per heavy atom. The average Bonchev–Trinajstić information content (AvgIpc) is 3.10. The Kier molecular flexibility index (Phi) is 5.11. The summed E-state index contributed by atoms with van der Waals surface area (Å²) in [5.41, 5.74) is 6.03. The van der Waals surface area contributed by atoms with Gasteiger partial charge in [0.1, 0.15) is 11.6 Å². The topological polar surface area (TPSA) is 98.4 Å². The normalized spacial score (nSPS) is 16.5. The van der Waals surface area contributed by atoms with Crippen LogP contribution >= 0.6 is 0 Å². The first-order valence-electron chi connectivity index (χ1n) is 8.27. The maximum Gasteiger partial charge on any atom is 0.261 e. The predicted octanol–water partition coefficient (Wildman–Crippen LogP) is 1.77. The molecule has 0 radical (unpaired) electrons. The SMILES string of the molecule is Cc1nc([C@@H]2CCCN2C(=O)COc2ccc(F)cc2)ncc1C(N)=O. The quantitative estimate of drug-likeness (QED) is 0.878. The summed E-state index contributed by atoms with van der Waals surface area (Å²) in [4.78, 5) is 34.1. The molecule has 0 bridgehead atoms. The van der Waals surface area contributed by atoms with Crippen LogP contribution in [0.2, 0.25) is 0 Å². The Hall–Kier alpha value is -3.03. The van der Waals surface area contributed by atoms with Gasteiger partial charge in [-0.15, -0.1) is 0 Å². The number of primary amides is 1. The van der Waals surface area contributed by atoms with Crippen LogP contribution < -0.4 is 10.5 Å². The molecule has 1 atom stereocenters. The number of rotatable bonds is 5. The monoisotopic (exact) mass is 358 g/mol. The van der Waals surface area contributed by atoms with Gasteiger partial charge in [0, 0.05) is 12.7 Å². The number of ether oxygens (including phenoxy) is 1. The van der Waals surface area contributed by atoms with Gasteiger partial charge in [-0.05, 0) is 44.0 Å². The van der Waals surface area contributed by atoms with E-state index in [0.29, 0.717) is 23.8 Å². The number of nitrogens with two attached hydrogens (primary N) is 1. The molecule has 0 spiro atoms. The van der Waals surface area contributed by atoms with E-state index >= 15 is 0 Å². The summed E-state index contributed by atoms with van der Waals surface area (Å²) in [7, 11) is 0. The largest absolute Gasteiger partial charge is 0.484 e. The summed E-state index contributed by atoms with van der Waals surface area (Å²) in [5, 5.41) is 0. The van der Waals surface area contributed by atoms with Crippen LogP contribution in [0.25, 0.3) is 0 Å². The molecule has 7 nitrogen and oxygen atoms in total. The molecule has 2 heterocycles. The van der Waals surface area contributed by atoms with E-state index in [1.54, 1.807) is 11.8 Å². The molecule has 0 aliphatic carbocycles. The first-order valence-corrected chi connectivity index (χ1v) is 8.27. The molecule has 136 valence electrons. The number of benzene rings is 1. The van der Waals surface area contributed by atoms with Gasteiger partial charge in [0.2, 0.25) is 0 Å². The molecule has 26 heavy (non-hydrogen) atoms. The van der Waals surface area contributed by atoms with Crippen molar-refractivity contribution in [1.29, 1.82) is 0 Å². The number of halogens is 1. The third-order valence-electron chi connectivity index (χ3n) is 4.31. The van der Waals surface area contributed by atoms with Crippen LogP contribution in [0, 0.1) is 12.7 Å². The summed E-state index contributed by atoms with van der Waals surface area (Å²) in [6.45, 7) is 2.11. The van der Waals surface area contributed by atoms with Crippen LogP contribution in [0.1, 0.15) is 40.8 Å². The minimum absolute atomic E-state index is 0.152. The smallest absolute Gasteiger partial charge is 0.261 e. The van der Waals surface area contributed by atoms with E-state index in [9.17, 15) is 14.0 Å². The van der Waals surface area contributed by atoms with E-state index in [4.69, 9.17) is 10.5 Å². The third-order valence-corrected chi connectivity index (χ3v) is 4.31. The Balaban J connectivity index is 1.69. The van der Waals surface area contributed by atoms with Gasteiger partial charge in [-0.25, -0.2) is 14.4 Å². The Morgan fingerprint density at radius 3 is 2.73 bits per heavy atom. The minimum Gasteiger partial charge on any atom is -0.484 e. The fourth-order valence-electron chi connectivity index (χ4n) is 2.98. The van der Waals surface area contributed by atoms with Crippen LogP contribution in [0.15, 0.2) is 30.5 Å². The van der Waals surface area contributed by atoms with Crippen molar-refractivity contribution < 1.29 is 18.7 Å². The highest BCUT2D eigenvalue weighted by Crippen LogP contribution is 2.30. The standard InChI is InChI=1S/C18H19FN4O3/c1-11-14(17(20)25)9-21-18(22-11)15-3-2-8-23(15)16(24)10-26-13-6-4-12(19)5-7-13/h4-7,9,15H,2-3,8,10H2,1H3,(H2,20,25)/t15-/m0/s1. The number of aryl methyl sites for hydroxylation is 1. The maximum atomic E-state index is 12.9. The van der Waals surface area contributed by atoms with Gasteiger partial charge in [0.25, 0.3) is 11.8 Å². The Bertz CT molecular complexity index is 826. The van der Waals surface area contributed by atoms with Gasteiger partial charge in [0.05, 0.1) is 17.3 Å². The molecule has 1 saturated heterocycles. The Labute approximate surface area is 150 Å². The molecule has 3 rings (SSSR count). The van der Waals surface area contributed by atoms with Crippen LogP contribution in [0.4, 0.5) is 4.39 Å². The summed E-state index contributed by atoms with van der Waals surface area (Å²) >= 11 is 0. The van der Waals surface area contributed by atoms with Crippen molar-refractivity contribution in [3.05, 3.63) is 53.4 Å². The van der Waals surface area contributed by atoms with Crippen molar-refractivity contribution >= 4 is 11.8 Å². The van der Waals surface area contributed by atoms with Crippen molar-refractivity contribution in [3.8, 4) is 5.75 Å². The third kappa shape index (κ3) is 3.79. The van der Waals surface area contributed by atoms with Crippen LogP contribution in [0.5, 0.6) is 5.75 Å². The van der Waals surface area contributed by atoms with Crippen molar-refractivity contribution in [2.45, 2.75) is 25.8 Å². The molecule has 1 aromatic carbocycles. The summed E-state index contributed by atoms with van der Waals surface area (Å²) in [5.74, 6) is -0.234. The van der Waals surface area contributed by atoms with E-state index in [0.717, 1.165) is 12.8 Å². The highest BCUT2D eigenvalue weighted by Gasteiger charge is 2.32. The zero-order valence-electron chi connectivity index (χ0n) is 14.3. The molecule has 2 N–H and O–H groups in total. The lowest BCUT2D eigenvalue weighted by atomic mass is 10.1. The highest BCUT2D eigenvalue weighted by atomic mass is 19.1. The van der Waals surface area contributed by atoms with Gasteiger partial charge in [-0.1, -0.05) is 0 Å². The first-order chi connectivity index (χ1) is 12.5. The van der Waals surface area contributed by atoms with Gasteiger partial charge in [-0.2, -0.15) is 0 Å². The number of aromatic nitrogens is 2. The van der Waals surface area contributed by atoms with Crippen LogP contribution in [-0.2, 0) is 4.79 Å². The van der Waals surface area contributed by atoms with Crippen molar-refractivity contribution in [2.24, 2.45) is 5.73 Å². The molecule has 0 unspecified atom stereocenters. The maximum absolute atomic E-state index is 12.9. The summed E-state index contributed by atoms with van der Waals surface area (Å²) < 4.78 is 18.3. The van der Waals surface area contributed by atoms with E-state index in [2.05, 4.69) is 9.97 Å². The molecule has 2 aromatic rings. The van der Waals surface area contributed by atoms with E-state index in [-0.39, 0.29) is 29.9 Å². The molecule has 1 fully saturated rings. The van der Waals surface area contributed by atoms with E-state index in [1.165, 1.54) is 30.5 Å². The van der Waals surface area contributed by atoms with Gasteiger partial charge in [0.15, 0.2) is 12.4 Å². The zero-order chi connectivity index (χ0) is 18.7. The molecule has 1 aliphatic heterocycles. The van der Waals surface area contributed by atoms with Crippen molar-refractivity contribution in [1.82, 2.24) is 14.9 Å². The first kappa shape index (κ1) is 17.8. The second-order valence-electron chi connectivity index (χ2n) is 6.08. The van der Waals surface area contributed by atoms with Crippen molar-refractivity contribution in [3.63, 3.8) is 0 Å². The van der Waals surface area contributed by atoms with Crippen LogP contribution in [-0.4, -0.2) is 39.8 Å². The average molecular weight is 358 g/mol. The molecule has 8 heteroatoms. The minimum atomic E-state index is -0.582. The van der Waals surface area contributed by atoms with Gasteiger partial charge in [-0.3, -0.25) is 9.59 Å². The van der Waals surface area contributed by atoms with Crippen molar-refractivity contribution in [2.75, 3.05) is 13.2 Å². The lowest BCUT2D eigenvalue weighted by molar-refractivity contribution is -0.134. The number of nitrogens with zero attached hydrogens (tertiary/aromatic N) is 3. The lowest BCUT2D eigenvalue weighted by Crippen LogP contribution is -2.35. The second-order valence-corrected chi connectivity index (χ2v) is 6.08. The molecule has 1 aromatic heterocycles. The summed E-state index contributed by atoms with van der Waals surface area (Å²) in [6, 6.07) is 5.23. The van der Waals surface area contributed by atoms with Crippen LogP contribution in [0.3, 0.4) is 0 Å². The fourth-order valence-corrected chi connectivity index (χ4v) is 2.98. The summed E-state index contributed by atoms with van der Waals surface area (Å²) in [6.07, 6.45) is 2.96. The number of carbonyl (C=O) groups excluding carboxylic acids is 2. The van der Waals surface area contributed by atoms with E-state index < -0.39 is 5.91 Å². The number of hydrogen-bond acceptors (Lipinski definition) is 5. The molecule has 2 amide bonds. The molecule has 0 saturated carbocycles. The highest BCUT2D eigenvalue weighted by molar-refractivity contribution is 5.93. The number of amides is 2. The number of likely N-dealkylation sites (tertiary alicyclic amines) is 1. The van der Waals surface area contributed by atoms with E-state index in [1.807, 2.05) is 0 Å². The molecular formula is C18H19FN4O3. The molecular weight excluding hydrogens is 339 g/mol. The second kappa shape index (κ2) is 7.47. The van der Waals surface area contributed by atoms with Gasteiger partial charge < -0.3 is 15.4 Å². The lowest BCUT2D eigenvalue weighted by Gasteiger charge is -2.24.